The largest absolute Gasteiger partial charge is 0.394 e. The quantitative estimate of drug-likeness (QED) is 0.877. The smallest absolute Gasteiger partial charge is 0.0614 e. The number of aliphatic hydroxyl groups excluding tert-OH is 1. The zero-order valence-electron chi connectivity index (χ0n) is 13.1. The van der Waals surface area contributed by atoms with E-state index in [0.29, 0.717) is 6.04 Å². The minimum atomic E-state index is -0.118. The van der Waals surface area contributed by atoms with Gasteiger partial charge in [-0.25, -0.2) is 0 Å². The highest BCUT2D eigenvalue weighted by Crippen LogP contribution is 2.25. The van der Waals surface area contributed by atoms with Gasteiger partial charge >= 0.3 is 0 Å². The van der Waals surface area contributed by atoms with E-state index in [0.717, 1.165) is 38.9 Å². The zero-order valence-corrected chi connectivity index (χ0v) is 13.1. The molecule has 22 heavy (non-hydrogen) atoms. The molecule has 1 saturated heterocycles. The Morgan fingerprint density at radius 1 is 1.14 bits per heavy atom. The number of allylic oxidation sites excluding steroid dienone is 2. The van der Waals surface area contributed by atoms with E-state index in [1.807, 2.05) is 0 Å². The molecule has 1 fully saturated rings. The van der Waals surface area contributed by atoms with E-state index in [4.69, 9.17) is 0 Å². The maximum absolute atomic E-state index is 9.93. The molecule has 1 atom stereocenters. The van der Waals surface area contributed by atoms with Gasteiger partial charge in [-0.1, -0.05) is 54.6 Å². The second-order valence-electron chi connectivity index (χ2n) is 6.50. The lowest BCUT2D eigenvalue weighted by Crippen LogP contribution is -2.58. The Morgan fingerprint density at radius 3 is 2.55 bits per heavy atom. The molecular weight excluding hydrogens is 272 g/mol. The van der Waals surface area contributed by atoms with E-state index in [1.165, 1.54) is 5.56 Å². The van der Waals surface area contributed by atoms with Crippen LogP contribution in [0.3, 0.4) is 0 Å². The van der Waals surface area contributed by atoms with E-state index >= 15 is 0 Å². The zero-order chi connectivity index (χ0) is 15.3. The Labute approximate surface area is 133 Å². The van der Waals surface area contributed by atoms with Gasteiger partial charge in [0.1, 0.15) is 0 Å². The van der Waals surface area contributed by atoms with Gasteiger partial charge in [-0.2, -0.15) is 0 Å². The fourth-order valence-corrected chi connectivity index (χ4v) is 3.41. The third-order valence-electron chi connectivity index (χ3n) is 4.84. The van der Waals surface area contributed by atoms with Gasteiger partial charge in [-0.3, -0.25) is 4.90 Å². The first-order valence-corrected chi connectivity index (χ1v) is 8.28. The predicted molar refractivity (Wildman–Crippen MR) is 90.6 cm³/mol. The summed E-state index contributed by atoms with van der Waals surface area (Å²) in [6.45, 7) is 3.30. The summed E-state index contributed by atoms with van der Waals surface area (Å²) in [5.41, 5.74) is 1.25. The Balaban J connectivity index is 1.54. The third kappa shape index (κ3) is 3.86. The minimum absolute atomic E-state index is 0.118. The van der Waals surface area contributed by atoms with E-state index in [-0.39, 0.29) is 12.1 Å². The fourth-order valence-electron chi connectivity index (χ4n) is 3.41. The van der Waals surface area contributed by atoms with Crippen molar-refractivity contribution < 1.29 is 5.11 Å². The summed E-state index contributed by atoms with van der Waals surface area (Å²) < 4.78 is 0. The third-order valence-corrected chi connectivity index (χ3v) is 4.84. The summed E-state index contributed by atoms with van der Waals surface area (Å²) in [6.07, 6.45) is 11.6. The molecule has 1 aliphatic carbocycles. The van der Waals surface area contributed by atoms with Crippen LogP contribution in [-0.2, 0) is 6.54 Å². The number of nitrogens with one attached hydrogen (secondary N) is 1. The molecule has 2 aliphatic rings. The van der Waals surface area contributed by atoms with Gasteiger partial charge in [0.25, 0.3) is 0 Å². The summed E-state index contributed by atoms with van der Waals surface area (Å²) in [6, 6.07) is 11.0. The van der Waals surface area contributed by atoms with Crippen LogP contribution in [0.1, 0.15) is 24.8 Å². The molecule has 1 aliphatic heterocycles. The van der Waals surface area contributed by atoms with Gasteiger partial charge in [-0.05, 0) is 24.8 Å². The highest BCUT2D eigenvalue weighted by molar-refractivity contribution is 5.16. The molecule has 1 unspecified atom stereocenters. The second-order valence-corrected chi connectivity index (χ2v) is 6.50. The summed E-state index contributed by atoms with van der Waals surface area (Å²) in [5.74, 6) is 0. The molecule has 1 aromatic carbocycles. The molecule has 0 aromatic heterocycles. The van der Waals surface area contributed by atoms with Gasteiger partial charge in [-0.15, -0.1) is 0 Å². The van der Waals surface area contributed by atoms with Crippen molar-refractivity contribution in [3.63, 3.8) is 0 Å². The van der Waals surface area contributed by atoms with Crippen molar-refractivity contribution in [2.45, 2.75) is 37.4 Å². The standard InChI is InChI=1S/C19H26N2O/c22-16-19(20-18-9-5-2-6-10-18)11-13-21(14-12-19)15-17-7-3-1-4-8-17/h1-9,18,20,22H,10-16H2. The molecule has 118 valence electrons. The predicted octanol–water partition coefficient (Wildman–Crippen LogP) is 2.49. The van der Waals surface area contributed by atoms with E-state index < -0.39 is 0 Å². The van der Waals surface area contributed by atoms with Crippen LogP contribution in [0.5, 0.6) is 0 Å². The number of aliphatic hydroxyl groups is 1. The van der Waals surface area contributed by atoms with E-state index in [9.17, 15) is 5.11 Å². The summed E-state index contributed by atoms with van der Waals surface area (Å²) >= 11 is 0. The minimum Gasteiger partial charge on any atom is -0.394 e. The molecule has 2 N–H and O–H groups in total. The highest BCUT2D eigenvalue weighted by atomic mass is 16.3. The average Bonchev–Trinajstić information content (AvgIpc) is 2.59. The molecule has 1 aromatic rings. The van der Waals surface area contributed by atoms with Crippen molar-refractivity contribution in [3.05, 3.63) is 60.2 Å². The lowest BCUT2D eigenvalue weighted by molar-refractivity contribution is 0.0705. The molecule has 0 saturated carbocycles. The summed E-state index contributed by atoms with van der Waals surface area (Å²) in [5, 5.41) is 13.6. The SMILES string of the molecule is OCC1(NC2C=CC=CC2)CCN(Cc2ccccc2)CC1. The average molecular weight is 298 g/mol. The molecule has 0 bridgehead atoms. The first-order chi connectivity index (χ1) is 10.8. The molecular formula is C19H26N2O. The van der Waals surface area contributed by atoms with Gasteiger partial charge in [0.15, 0.2) is 0 Å². The van der Waals surface area contributed by atoms with Crippen molar-refractivity contribution in [1.82, 2.24) is 10.2 Å². The summed E-state index contributed by atoms with van der Waals surface area (Å²) in [7, 11) is 0. The molecule has 1 heterocycles. The van der Waals surface area contributed by atoms with E-state index in [1.54, 1.807) is 0 Å². The normalized spacial score (nSPS) is 24.5. The Kier molecular flexibility index (Phi) is 5.08. The van der Waals surface area contributed by atoms with Crippen LogP contribution < -0.4 is 5.32 Å². The van der Waals surface area contributed by atoms with Crippen molar-refractivity contribution in [1.29, 1.82) is 0 Å². The van der Waals surface area contributed by atoms with Crippen LogP contribution in [0.4, 0.5) is 0 Å². The fraction of sp³-hybridized carbons (Fsp3) is 0.474. The van der Waals surface area contributed by atoms with Crippen LogP contribution in [0.2, 0.25) is 0 Å². The Bertz CT molecular complexity index is 515. The van der Waals surface area contributed by atoms with Crippen LogP contribution in [0, 0.1) is 0 Å². The number of hydrogen-bond donors (Lipinski definition) is 2. The molecule has 0 amide bonds. The van der Waals surface area contributed by atoms with Gasteiger partial charge in [0, 0.05) is 31.2 Å². The topological polar surface area (TPSA) is 35.5 Å². The molecule has 3 heteroatoms. The van der Waals surface area contributed by atoms with Gasteiger partial charge < -0.3 is 10.4 Å². The lowest BCUT2D eigenvalue weighted by Gasteiger charge is -2.43. The number of benzene rings is 1. The first kappa shape index (κ1) is 15.5. The van der Waals surface area contributed by atoms with Crippen molar-refractivity contribution in [2.24, 2.45) is 0 Å². The lowest BCUT2D eigenvalue weighted by atomic mass is 9.86. The number of nitrogens with zero attached hydrogens (tertiary/aromatic N) is 1. The van der Waals surface area contributed by atoms with Crippen LogP contribution in [0.25, 0.3) is 0 Å². The Hall–Kier alpha value is -1.42. The van der Waals surface area contributed by atoms with E-state index in [2.05, 4.69) is 64.9 Å². The molecule has 3 nitrogen and oxygen atoms in total. The number of piperidine rings is 1. The number of likely N-dealkylation sites (tertiary alicyclic amines) is 1. The van der Waals surface area contributed by atoms with Gasteiger partial charge in [0.2, 0.25) is 0 Å². The number of rotatable bonds is 5. The highest BCUT2D eigenvalue weighted by Gasteiger charge is 2.35. The number of hydrogen-bond acceptors (Lipinski definition) is 3. The maximum atomic E-state index is 9.93. The molecule has 0 spiro atoms. The Morgan fingerprint density at radius 2 is 1.91 bits per heavy atom. The first-order valence-electron chi connectivity index (χ1n) is 8.28. The van der Waals surface area contributed by atoms with Crippen LogP contribution in [-0.4, -0.2) is 41.3 Å². The monoisotopic (exact) mass is 298 g/mol. The molecule has 0 radical (unpaired) electrons. The molecule has 3 rings (SSSR count). The van der Waals surface area contributed by atoms with Gasteiger partial charge in [0.05, 0.1) is 6.61 Å². The van der Waals surface area contributed by atoms with Crippen molar-refractivity contribution in [2.75, 3.05) is 19.7 Å². The summed E-state index contributed by atoms with van der Waals surface area (Å²) in [4.78, 5) is 2.49. The van der Waals surface area contributed by atoms with Crippen LogP contribution in [0.15, 0.2) is 54.6 Å². The van der Waals surface area contributed by atoms with Crippen molar-refractivity contribution in [3.8, 4) is 0 Å². The maximum Gasteiger partial charge on any atom is 0.0614 e. The van der Waals surface area contributed by atoms with Crippen molar-refractivity contribution >= 4 is 0 Å². The van der Waals surface area contributed by atoms with Crippen LogP contribution >= 0.6 is 0 Å². The second kappa shape index (κ2) is 7.23.